The standard InChI is InChI=1S/C19H16FNO2/c1-13(23-18-8-4-7-16(20)12-18)19(22)21-17-10-9-14-5-2-3-6-15(14)11-17/h2-13H,1H3,(H,21,22)/t13-/m0/s1. The fraction of sp³-hybridized carbons (Fsp3) is 0.105. The number of benzene rings is 3. The van der Waals surface area contributed by atoms with Crippen LogP contribution in [0.15, 0.2) is 66.7 Å². The molecule has 1 N–H and O–H groups in total. The van der Waals surface area contributed by atoms with E-state index in [-0.39, 0.29) is 5.91 Å². The molecule has 0 aliphatic heterocycles. The Morgan fingerprint density at radius 3 is 2.57 bits per heavy atom. The number of carbonyl (C=O) groups excluding carboxylic acids is 1. The molecule has 3 nitrogen and oxygen atoms in total. The number of anilines is 1. The third-order valence-corrected chi connectivity index (χ3v) is 3.50. The van der Waals surface area contributed by atoms with E-state index in [2.05, 4.69) is 5.32 Å². The first-order valence-electron chi connectivity index (χ1n) is 7.34. The van der Waals surface area contributed by atoms with Crippen LogP contribution in [0, 0.1) is 5.82 Å². The van der Waals surface area contributed by atoms with Crippen LogP contribution < -0.4 is 10.1 Å². The highest BCUT2D eigenvalue weighted by molar-refractivity contribution is 5.96. The van der Waals surface area contributed by atoms with Crippen LogP contribution in [-0.2, 0) is 4.79 Å². The monoisotopic (exact) mass is 309 g/mol. The summed E-state index contributed by atoms with van der Waals surface area (Å²) in [6.07, 6.45) is -0.733. The van der Waals surface area contributed by atoms with Gasteiger partial charge in [0.1, 0.15) is 11.6 Å². The predicted molar refractivity (Wildman–Crippen MR) is 89.1 cm³/mol. The first-order valence-corrected chi connectivity index (χ1v) is 7.34. The van der Waals surface area contributed by atoms with E-state index in [1.165, 1.54) is 12.1 Å². The topological polar surface area (TPSA) is 38.3 Å². The van der Waals surface area contributed by atoms with Gasteiger partial charge in [0.15, 0.2) is 6.10 Å². The molecule has 23 heavy (non-hydrogen) atoms. The maximum absolute atomic E-state index is 13.1. The van der Waals surface area contributed by atoms with E-state index in [1.807, 2.05) is 42.5 Å². The van der Waals surface area contributed by atoms with Gasteiger partial charge in [-0.1, -0.05) is 36.4 Å². The van der Waals surface area contributed by atoms with Crippen molar-refractivity contribution in [3.05, 3.63) is 72.5 Å². The number of hydrogen-bond donors (Lipinski definition) is 1. The molecule has 1 amide bonds. The molecule has 0 bridgehead atoms. The second-order valence-electron chi connectivity index (χ2n) is 5.27. The van der Waals surface area contributed by atoms with Crippen LogP contribution in [-0.4, -0.2) is 12.0 Å². The molecule has 3 aromatic rings. The molecule has 0 aliphatic carbocycles. The van der Waals surface area contributed by atoms with Crippen LogP contribution in [0.4, 0.5) is 10.1 Å². The second-order valence-corrected chi connectivity index (χ2v) is 5.27. The van der Waals surface area contributed by atoms with Crippen LogP contribution in [0.3, 0.4) is 0 Å². The SMILES string of the molecule is C[C@H](Oc1cccc(F)c1)C(=O)Nc1ccc2ccccc2c1. The maximum atomic E-state index is 13.1. The zero-order valence-electron chi connectivity index (χ0n) is 12.6. The first-order chi connectivity index (χ1) is 11.1. The zero-order valence-corrected chi connectivity index (χ0v) is 12.6. The molecule has 0 aromatic heterocycles. The molecule has 0 unspecified atom stereocenters. The molecule has 116 valence electrons. The number of rotatable bonds is 4. The number of nitrogens with one attached hydrogen (secondary N) is 1. The van der Waals surface area contributed by atoms with Gasteiger partial charge in [0.05, 0.1) is 0 Å². The summed E-state index contributed by atoms with van der Waals surface area (Å²) in [5.74, 6) is -0.361. The average molecular weight is 309 g/mol. The molecule has 0 radical (unpaired) electrons. The summed E-state index contributed by atoms with van der Waals surface area (Å²) in [6.45, 7) is 1.63. The lowest BCUT2D eigenvalue weighted by Gasteiger charge is -2.15. The van der Waals surface area contributed by atoms with Crippen molar-refractivity contribution in [3.8, 4) is 5.75 Å². The minimum Gasteiger partial charge on any atom is -0.481 e. The lowest BCUT2D eigenvalue weighted by atomic mass is 10.1. The van der Waals surface area contributed by atoms with Gasteiger partial charge in [0.2, 0.25) is 0 Å². The fourth-order valence-corrected chi connectivity index (χ4v) is 2.31. The van der Waals surface area contributed by atoms with Gasteiger partial charge in [-0.3, -0.25) is 4.79 Å². The number of hydrogen-bond acceptors (Lipinski definition) is 2. The Balaban J connectivity index is 1.69. The summed E-state index contributed by atoms with van der Waals surface area (Å²) in [5, 5.41) is 4.96. The summed E-state index contributed by atoms with van der Waals surface area (Å²) >= 11 is 0. The summed E-state index contributed by atoms with van der Waals surface area (Å²) in [7, 11) is 0. The summed E-state index contributed by atoms with van der Waals surface area (Å²) in [5.41, 5.74) is 0.698. The van der Waals surface area contributed by atoms with E-state index >= 15 is 0 Å². The Morgan fingerprint density at radius 1 is 1.00 bits per heavy atom. The number of ether oxygens (including phenoxy) is 1. The highest BCUT2D eigenvalue weighted by Gasteiger charge is 2.15. The van der Waals surface area contributed by atoms with Crippen molar-refractivity contribution in [2.75, 3.05) is 5.32 Å². The minimum atomic E-state index is -0.733. The summed E-state index contributed by atoms with van der Waals surface area (Å²) in [4.78, 5) is 12.2. The molecule has 0 saturated heterocycles. The van der Waals surface area contributed by atoms with Crippen LogP contribution in [0.25, 0.3) is 10.8 Å². The van der Waals surface area contributed by atoms with Crippen LogP contribution in [0.1, 0.15) is 6.92 Å². The molecule has 1 atom stereocenters. The highest BCUT2D eigenvalue weighted by Crippen LogP contribution is 2.19. The molecule has 4 heteroatoms. The van der Waals surface area contributed by atoms with E-state index in [0.717, 1.165) is 10.8 Å². The molecule has 0 saturated carbocycles. The average Bonchev–Trinajstić information content (AvgIpc) is 2.54. The lowest BCUT2D eigenvalue weighted by molar-refractivity contribution is -0.122. The number of carbonyl (C=O) groups is 1. The van der Waals surface area contributed by atoms with Crippen LogP contribution >= 0.6 is 0 Å². The van der Waals surface area contributed by atoms with Gasteiger partial charge in [0.25, 0.3) is 5.91 Å². The fourth-order valence-electron chi connectivity index (χ4n) is 2.31. The van der Waals surface area contributed by atoms with Crippen molar-refractivity contribution in [2.45, 2.75) is 13.0 Å². The van der Waals surface area contributed by atoms with Crippen LogP contribution in [0.2, 0.25) is 0 Å². The number of fused-ring (bicyclic) bond motifs is 1. The largest absolute Gasteiger partial charge is 0.481 e. The van der Waals surface area contributed by atoms with E-state index < -0.39 is 11.9 Å². The first kappa shape index (κ1) is 15.0. The molecular weight excluding hydrogens is 293 g/mol. The quantitative estimate of drug-likeness (QED) is 0.776. The maximum Gasteiger partial charge on any atom is 0.265 e. The van der Waals surface area contributed by atoms with Gasteiger partial charge < -0.3 is 10.1 Å². The third kappa shape index (κ3) is 3.66. The van der Waals surface area contributed by atoms with Gasteiger partial charge >= 0.3 is 0 Å². The Kier molecular flexibility index (Phi) is 4.24. The molecular formula is C19H16FNO2. The van der Waals surface area contributed by atoms with Gasteiger partial charge in [-0.05, 0) is 42.0 Å². The molecule has 3 aromatic carbocycles. The van der Waals surface area contributed by atoms with Gasteiger partial charge in [-0.2, -0.15) is 0 Å². The number of halogens is 1. The van der Waals surface area contributed by atoms with E-state index in [4.69, 9.17) is 4.74 Å². The van der Waals surface area contributed by atoms with E-state index in [1.54, 1.807) is 19.1 Å². The Hall–Kier alpha value is -2.88. The molecule has 3 rings (SSSR count). The van der Waals surface area contributed by atoms with E-state index in [0.29, 0.717) is 11.4 Å². The normalized spacial score (nSPS) is 11.9. The van der Waals surface area contributed by atoms with Crippen molar-refractivity contribution in [1.29, 1.82) is 0 Å². The Labute approximate surface area is 133 Å². The van der Waals surface area contributed by atoms with E-state index in [9.17, 15) is 9.18 Å². The van der Waals surface area contributed by atoms with Crippen molar-refractivity contribution in [2.24, 2.45) is 0 Å². The van der Waals surface area contributed by atoms with Crippen molar-refractivity contribution in [1.82, 2.24) is 0 Å². The highest BCUT2D eigenvalue weighted by atomic mass is 19.1. The second kappa shape index (κ2) is 6.48. The zero-order chi connectivity index (χ0) is 16.2. The minimum absolute atomic E-state index is 0.287. The molecule has 0 spiro atoms. The molecule has 0 heterocycles. The van der Waals surface area contributed by atoms with Crippen molar-refractivity contribution >= 4 is 22.4 Å². The lowest BCUT2D eigenvalue weighted by Crippen LogP contribution is -2.30. The summed E-state index contributed by atoms with van der Waals surface area (Å²) in [6, 6.07) is 19.3. The molecule has 0 aliphatic rings. The Bertz CT molecular complexity index is 847. The summed E-state index contributed by atoms with van der Waals surface area (Å²) < 4.78 is 18.6. The predicted octanol–water partition coefficient (Wildman–Crippen LogP) is 4.38. The Morgan fingerprint density at radius 2 is 1.78 bits per heavy atom. The van der Waals surface area contributed by atoms with Crippen molar-refractivity contribution in [3.63, 3.8) is 0 Å². The smallest absolute Gasteiger partial charge is 0.265 e. The molecule has 0 fully saturated rings. The van der Waals surface area contributed by atoms with Gasteiger partial charge in [-0.15, -0.1) is 0 Å². The van der Waals surface area contributed by atoms with Gasteiger partial charge in [-0.25, -0.2) is 4.39 Å². The third-order valence-electron chi connectivity index (χ3n) is 3.50. The van der Waals surface area contributed by atoms with Crippen molar-refractivity contribution < 1.29 is 13.9 Å². The van der Waals surface area contributed by atoms with Gasteiger partial charge in [0, 0.05) is 11.8 Å². The number of amides is 1. The van der Waals surface area contributed by atoms with Crippen LogP contribution in [0.5, 0.6) is 5.75 Å².